The average Bonchev–Trinajstić information content (AvgIpc) is 2.45. The summed E-state index contributed by atoms with van der Waals surface area (Å²) in [7, 11) is 0. The van der Waals surface area contributed by atoms with Crippen LogP contribution in [0.2, 0.25) is 0 Å². The molecule has 2 unspecified atom stereocenters. The first-order chi connectivity index (χ1) is 10.1. The first-order valence-electron chi connectivity index (χ1n) is 7.31. The number of ether oxygens (including phenoxy) is 1. The van der Waals surface area contributed by atoms with Gasteiger partial charge in [0.25, 0.3) is 0 Å². The summed E-state index contributed by atoms with van der Waals surface area (Å²) in [6.07, 6.45) is 5.02. The number of rotatable bonds is 4. The molecule has 2 atom stereocenters. The van der Waals surface area contributed by atoms with Crippen LogP contribution in [-0.4, -0.2) is 35.8 Å². The van der Waals surface area contributed by atoms with Gasteiger partial charge in [-0.25, -0.2) is 4.79 Å². The molecule has 2 heterocycles. The van der Waals surface area contributed by atoms with Crippen LogP contribution in [0.15, 0.2) is 22.8 Å². The fourth-order valence-corrected chi connectivity index (χ4v) is 4.06. The van der Waals surface area contributed by atoms with Crippen LogP contribution in [0.5, 0.6) is 0 Å². The van der Waals surface area contributed by atoms with Gasteiger partial charge in [0.15, 0.2) is 0 Å². The number of aromatic nitrogens is 1. The number of nitrogens with zero attached hydrogens (tertiary/aromatic N) is 1. The number of halogens is 1. The lowest BCUT2D eigenvalue weighted by molar-refractivity contribution is -0.182. The fraction of sp³-hybridized carbons (Fsp3) is 0.600. The van der Waals surface area contributed by atoms with Crippen LogP contribution < -0.4 is 5.32 Å². The average molecular weight is 355 g/mol. The summed E-state index contributed by atoms with van der Waals surface area (Å²) in [5.74, 6) is -0.376. The Labute approximate surface area is 132 Å². The molecule has 1 aliphatic heterocycles. The molecule has 0 amide bonds. The van der Waals surface area contributed by atoms with Gasteiger partial charge in [-0.1, -0.05) is 6.42 Å². The van der Waals surface area contributed by atoms with Gasteiger partial charge >= 0.3 is 5.97 Å². The van der Waals surface area contributed by atoms with Gasteiger partial charge in [-0.3, -0.25) is 4.98 Å². The number of piperidine rings is 1. The minimum Gasteiger partial charge on any atom is -0.480 e. The van der Waals surface area contributed by atoms with Crippen LogP contribution in [0.4, 0.5) is 0 Å². The Morgan fingerprint density at radius 3 is 2.71 bits per heavy atom. The van der Waals surface area contributed by atoms with Crippen LogP contribution >= 0.6 is 15.9 Å². The number of nitrogens with one attached hydrogen (secondary N) is 1. The maximum absolute atomic E-state index is 11.0. The van der Waals surface area contributed by atoms with E-state index in [0.717, 1.165) is 36.1 Å². The lowest BCUT2D eigenvalue weighted by Gasteiger charge is -2.52. The van der Waals surface area contributed by atoms with Crippen molar-refractivity contribution in [1.29, 1.82) is 0 Å². The third-order valence-electron chi connectivity index (χ3n) is 4.66. The molecular formula is C15H19BrN2O3. The molecule has 2 aliphatic rings. The molecule has 2 fully saturated rings. The number of hydrogen-bond donors (Lipinski definition) is 2. The molecule has 114 valence electrons. The van der Waals surface area contributed by atoms with Crippen molar-refractivity contribution in [3.63, 3.8) is 0 Å². The highest BCUT2D eigenvalue weighted by molar-refractivity contribution is 9.10. The number of carboxylic acids is 1. The highest BCUT2D eigenvalue weighted by Gasteiger charge is 2.53. The third kappa shape index (κ3) is 2.72. The van der Waals surface area contributed by atoms with E-state index in [2.05, 4.69) is 26.2 Å². The Morgan fingerprint density at radius 1 is 1.43 bits per heavy atom. The molecule has 2 N–H and O–H groups in total. The van der Waals surface area contributed by atoms with Gasteiger partial charge in [0.2, 0.25) is 0 Å². The fourth-order valence-electron chi connectivity index (χ4n) is 3.83. The monoisotopic (exact) mass is 354 g/mol. The topological polar surface area (TPSA) is 71.5 Å². The molecule has 0 radical (unpaired) electrons. The molecule has 3 rings (SSSR count). The summed E-state index contributed by atoms with van der Waals surface area (Å²) < 4.78 is 6.92. The maximum atomic E-state index is 11.0. The summed E-state index contributed by atoms with van der Waals surface area (Å²) in [5.41, 5.74) is 0.297. The van der Waals surface area contributed by atoms with Crippen molar-refractivity contribution in [2.75, 3.05) is 19.7 Å². The van der Waals surface area contributed by atoms with Gasteiger partial charge < -0.3 is 15.2 Å². The number of hydrogen-bond acceptors (Lipinski definition) is 4. The highest BCUT2D eigenvalue weighted by Crippen LogP contribution is 2.49. The van der Waals surface area contributed by atoms with Crippen LogP contribution in [0.1, 0.15) is 25.0 Å². The van der Waals surface area contributed by atoms with E-state index in [9.17, 15) is 4.79 Å². The van der Waals surface area contributed by atoms with Crippen molar-refractivity contribution in [3.05, 3.63) is 28.5 Å². The highest BCUT2D eigenvalue weighted by atomic mass is 79.9. The van der Waals surface area contributed by atoms with E-state index in [0.29, 0.717) is 0 Å². The van der Waals surface area contributed by atoms with E-state index >= 15 is 0 Å². The molecule has 1 saturated carbocycles. The van der Waals surface area contributed by atoms with Gasteiger partial charge in [-0.05, 0) is 40.9 Å². The Bertz CT molecular complexity index is 498. The zero-order chi connectivity index (χ0) is 14.9. The van der Waals surface area contributed by atoms with Gasteiger partial charge in [0, 0.05) is 35.6 Å². The van der Waals surface area contributed by atoms with E-state index in [1.54, 1.807) is 6.20 Å². The molecule has 1 aromatic rings. The number of pyridine rings is 1. The standard InChI is InChI=1S/C15H19BrN2O3/c16-12-4-5-13(18-8-12)15(21-9-14(19)20)10-2-1-3-11(15)7-17-6-10/h4-5,8,10-11,17H,1-3,6-7,9H2,(H,19,20). The smallest absolute Gasteiger partial charge is 0.329 e. The largest absolute Gasteiger partial charge is 0.480 e. The molecule has 6 heteroatoms. The summed E-state index contributed by atoms with van der Waals surface area (Å²) in [6, 6.07) is 3.91. The maximum Gasteiger partial charge on any atom is 0.329 e. The Hall–Kier alpha value is -0.980. The second kappa shape index (κ2) is 6.02. The predicted molar refractivity (Wildman–Crippen MR) is 80.9 cm³/mol. The van der Waals surface area contributed by atoms with Gasteiger partial charge in [-0.15, -0.1) is 0 Å². The number of carboxylic acid groups (broad SMARTS) is 1. The van der Waals surface area contributed by atoms with Crippen molar-refractivity contribution >= 4 is 21.9 Å². The molecule has 1 aliphatic carbocycles. The summed E-state index contributed by atoms with van der Waals surface area (Å²) in [4.78, 5) is 15.6. The van der Waals surface area contributed by atoms with Crippen molar-refractivity contribution in [2.24, 2.45) is 11.8 Å². The Kier molecular flexibility index (Phi) is 4.28. The van der Waals surface area contributed by atoms with Crippen molar-refractivity contribution < 1.29 is 14.6 Å². The van der Waals surface area contributed by atoms with Gasteiger partial charge in [0.05, 0.1) is 5.69 Å². The van der Waals surface area contributed by atoms with Crippen molar-refractivity contribution in [1.82, 2.24) is 10.3 Å². The van der Waals surface area contributed by atoms with E-state index in [1.807, 2.05) is 12.1 Å². The van der Waals surface area contributed by atoms with Crippen LogP contribution in [0.25, 0.3) is 0 Å². The van der Waals surface area contributed by atoms with E-state index < -0.39 is 11.6 Å². The molecule has 0 aromatic carbocycles. The molecule has 21 heavy (non-hydrogen) atoms. The number of aliphatic carboxylic acids is 1. The first-order valence-corrected chi connectivity index (χ1v) is 8.10. The predicted octanol–water partition coefficient (Wildman–Crippen LogP) is 2.16. The summed E-state index contributed by atoms with van der Waals surface area (Å²) in [5, 5.41) is 12.5. The van der Waals surface area contributed by atoms with Crippen LogP contribution in [0, 0.1) is 11.8 Å². The zero-order valence-corrected chi connectivity index (χ0v) is 13.3. The molecule has 2 bridgehead atoms. The second-order valence-electron chi connectivity index (χ2n) is 5.82. The van der Waals surface area contributed by atoms with E-state index in [4.69, 9.17) is 9.84 Å². The number of carbonyl (C=O) groups is 1. The van der Waals surface area contributed by atoms with Crippen molar-refractivity contribution in [3.8, 4) is 0 Å². The van der Waals surface area contributed by atoms with Crippen LogP contribution in [0.3, 0.4) is 0 Å². The Balaban J connectivity index is 2.01. The lowest BCUT2D eigenvalue weighted by Crippen LogP contribution is -2.59. The number of fused-ring (bicyclic) bond motifs is 2. The molecule has 0 spiro atoms. The normalized spacial score (nSPS) is 31.9. The van der Waals surface area contributed by atoms with E-state index in [1.165, 1.54) is 6.42 Å². The SMILES string of the molecule is O=C(O)COC1(c2ccc(Br)cn2)C2CCCC1CNC2. The third-order valence-corrected chi connectivity index (χ3v) is 5.13. The minimum absolute atomic E-state index is 0.273. The Morgan fingerprint density at radius 2 is 2.14 bits per heavy atom. The van der Waals surface area contributed by atoms with E-state index in [-0.39, 0.29) is 18.4 Å². The molecule has 5 nitrogen and oxygen atoms in total. The molecule has 1 aromatic heterocycles. The summed E-state index contributed by atoms with van der Waals surface area (Å²) >= 11 is 3.40. The molecular weight excluding hydrogens is 336 g/mol. The van der Waals surface area contributed by atoms with Crippen molar-refractivity contribution in [2.45, 2.75) is 24.9 Å². The van der Waals surface area contributed by atoms with Crippen LogP contribution in [-0.2, 0) is 15.1 Å². The molecule has 1 saturated heterocycles. The minimum atomic E-state index is -0.928. The van der Waals surface area contributed by atoms with Gasteiger partial charge in [-0.2, -0.15) is 0 Å². The van der Waals surface area contributed by atoms with Gasteiger partial charge in [0.1, 0.15) is 12.2 Å². The lowest BCUT2D eigenvalue weighted by atomic mass is 9.64. The first kappa shape index (κ1) is 14.9. The zero-order valence-electron chi connectivity index (χ0n) is 11.7. The second-order valence-corrected chi connectivity index (χ2v) is 6.74. The quantitative estimate of drug-likeness (QED) is 0.866. The summed E-state index contributed by atoms with van der Waals surface area (Å²) in [6.45, 7) is 1.44.